The van der Waals surface area contributed by atoms with Crippen LogP contribution in [0.4, 0.5) is 4.79 Å². The molecule has 0 aromatic heterocycles. The summed E-state index contributed by atoms with van der Waals surface area (Å²) in [5, 5.41) is 5.41. The number of nitrogens with zero attached hydrogens (tertiary/aromatic N) is 1. The van der Waals surface area contributed by atoms with Gasteiger partial charge < -0.3 is 5.32 Å². The predicted octanol–water partition coefficient (Wildman–Crippen LogP) is 2.02. The first-order valence-electron chi connectivity index (χ1n) is 8.02. The number of carbonyl (C=O) groups is 2. The molecule has 1 aliphatic carbocycles. The van der Waals surface area contributed by atoms with Crippen LogP contribution < -0.4 is 10.6 Å². The second-order valence-electron chi connectivity index (χ2n) is 6.07. The Kier molecular flexibility index (Phi) is 5.83. The second-order valence-corrected chi connectivity index (χ2v) is 6.07. The van der Waals surface area contributed by atoms with Gasteiger partial charge in [-0.3, -0.25) is 15.0 Å². The number of carbonyl (C=O) groups excluding carboxylic acids is 2. The number of hydrogen-bond acceptors (Lipinski definition) is 3. The summed E-state index contributed by atoms with van der Waals surface area (Å²) in [5.74, 6) is -0.180. The summed E-state index contributed by atoms with van der Waals surface area (Å²) in [4.78, 5) is 26.1. The minimum atomic E-state index is -0.328. The number of nitrogens with one attached hydrogen (secondary N) is 2. The number of amides is 3. The molecular formula is C15H27N3O2. The van der Waals surface area contributed by atoms with Gasteiger partial charge in [0.05, 0.1) is 6.04 Å². The fourth-order valence-electron chi connectivity index (χ4n) is 3.16. The smallest absolute Gasteiger partial charge is 0.321 e. The Balaban J connectivity index is 1.73. The van der Waals surface area contributed by atoms with Crippen molar-refractivity contribution >= 4 is 11.9 Å². The Morgan fingerprint density at radius 3 is 2.25 bits per heavy atom. The van der Waals surface area contributed by atoms with Crippen LogP contribution in [0.25, 0.3) is 0 Å². The minimum Gasteiger partial charge on any atom is -0.335 e. The molecule has 0 radical (unpaired) electrons. The van der Waals surface area contributed by atoms with Crippen LogP contribution in [0.3, 0.4) is 0 Å². The molecule has 0 aromatic rings. The molecular weight excluding hydrogens is 254 g/mol. The summed E-state index contributed by atoms with van der Waals surface area (Å²) in [6.07, 6.45) is 9.19. The number of urea groups is 1. The summed E-state index contributed by atoms with van der Waals surface area (Å²) < 4.78 is 0. The fraction of sp³-hybridized carbons (Fsp3) is 0.867. The molecule has 1 heterocycles. The highest BCUT2D eigenvalue weighted by Gasteiger charge is 2.25. The Morgan fingerprint density at radius 2 is 1.60 bits per heavy atom. The first-order chi connectivity index (χ1) is 9.66. The minimum absolute atomic E-state index is 0.180. The molecule has 5 heteroatoms. The Hall–Kier alpha value is -1.10. The van der Waals surface area contributed by atoms with E-state index in [1.54, 1.807) is 0 Å². The van der Waals surface area contributed by atoms with Crippen molar-refractivity contribution in [3.8, 4) is 0 Å². The van der Waals surface area contributed by atoms with Gasteiger partial charge in [0.1, 0.15) is 0 Å². The largest absolute Gasteiger partial charge is 0.335 e. The summed E-state index contributed by atoms with van der Waals surface area (Å²) in [7, 11) is 0. The second kappa shape index (κ2) is 7.62. The summed E-state index contributed by atoms with van der Waals surface area (Å²) >= 11 is 0. The van der Waals surface area contributed by atoms with Crippen LogP contribution in [0.1, 0.15) is 58.3 Å². The van der Waals surface area contributed by atoms with Gasteiger partial charge in [-0.05, 0) is 45.7 Å². The molecule has 2 N–H and O–H groups in total. The zero-order valence-corrected chi connectivity index (χ0v) is 12.5. The van der Waals surface area contributed by atoms with E-state index in [0.717, 1.165) is 38.8 Å². The van der Waals surface area contributed by atoms with Gasteiger partial charge in [0, 0.05) is 6.04 Å². The van der Waals surface area contributed by atoms with Crippen LogP contribution in [-0.4, -0.2) is 42.0 Å². The lowest BCUT2D eigenvalue weighted by atomic mass is 9.96. The normalized spacial score (nSPS) is 23.1. The number of rotatable bonds is 3. The average molecular weight is 281 g/mol. The van der Waals surface area contributed by atoms with Crippen LogP contribution in [0.15, 0.2) is 0 Å². The van der Waals surface area contributed by atoms with E-state index in [-0.39, 0.29) is 24.0 Å². The highest BCUT2D eigenvalue weighted by atomic mass is 16.2. The number of piperidine rings is 1. The van der Waals surface area contributed by atoms with Crippen LogP contribution in [0.2, 0.25) is 0 Å². The molecule has 20 heavy (non-hydrogen) atoms. The standard InChI is InChI=1S/C15H27N3O2/c1-12(18-10-6-3-7-11-18)14(19)17-15(20)16-13-8-4-2-5-9-13/h12-13H,2-11H2,1H3,(H2,16,17,19,20). The van der Waals surface area contributed by atoms with Crippen molar-refractivity contribution in [3.63, 3.8) is 0 Å². The van der Waals surface area contributed by atoms with E-state index in [1.807, 2.05) is 6.92 Å². The van der Waals surface area contributed by atoms with E-state index in [0.29, 0.717) is 0 Å². The molecule has 3 amide bonds. The van der Waals surface area contributed by atoms with Crippen LogP contribution >= 0.6 is 0 Å². The molecule has 1 aliphatic heterocycles. The predicted molar refractivity (Wildman–Crippen MR) is 78.4 cm³/mol. The number of likely N-dealkylation sites (tertiary alicyclic amines) is 1. The van der Waals surface area contributed by atoms with Crippen molar-refractivity contribution < 1.29 is 9.59 Å². The average Bonchev–Trinajstić information content (AvgIpc) is 2.48. The third-order valence-corrected chi connectivity index (χ3v) is 4.49. The van der Waals surface area contributed by atoms with Crippen LogP contribution in [-0.2, 0) is 4.79 Å². The van der Waals surface area contributed by atoms with E-state index in [2.05, 4.69) is 15.5 Å². The van der Waals surface area contributed by atoms with Crippen molar-refractivity contribution in [2.24, 2.45) is 0 Å². The molecule has 0 aromatic carbocycles. The van der Waals surface area contributed by atoms with E-state index in [9.17, 15) is 9.59 Å². The van der Waals surface area contributed by atoms with Crippen LogP contribution in [0, 0.1) is 0 Å². The molecule has 0 bridgehead atoms. The zero-order valence-electron chi connectivity index (χ0n) is 12.5. The van der Waals surface area contributed by atoms with E-state index in [4.69, 9.17) is 0 Å². The van der Waals surface area contributed by atoms with Gasteiger partial charge in [-0.25, -0.2) is 4.79 Å². The van der Waals surface area contributed by atoms with Gasteiger partial charge in [-0.15, -0.1) is 0 Å². The molecule has 114 valence electrons. The first-order valence-corrected chi connectivity index (χ1v) is 8.02. The highest BCUT2D eigenvalue weighted by Crippen LogP contribution is 2.17. The van der Waals surface area contributed by atoms with Crippen molar-refractivity contribution in [1.82, 2.24) is 15.5 Å². The molecule has 1 atom stereocenters. The molecule has 1 saturated heterocycles. The van der Waals surface area contributed by atoms with Gasteiger partial charge in [0.2, 0.25) is 5.91 Å². The number of hydrogen-bond donors (Lipinski definition) is 2. The maximum absolute atomic E-state index is 12.1. The van der Waals surface area contributed by atoms with Gasteiger partial charge >= 0.3 is 6.03 Å². The highest BCUT2D eigenvalue weighted by molar-refractivity contribution is 5.96. The maximum Gasteiger partial charge on any atom is 0.321 e. The molecule has 2 fully saturated rings. The van der Waals surface area contributed by atoms with Gasteiger partial charge in [-0.1, -0.05) is 25.7 Å². The topological polar surface area (TPSA) is 61.4 Å². The first kappa shape index (κ1) is 15.3. The molecule has 1 saturated carbocycles. The molecule has 2 rings (SSSR count). The molecule has 0 spiro atoms. The third kappa shape index (κ3) is 4.47. The maximum atomic E-state index is 12.1. The summed E-state index contributed by atoms with van der Waals surface area (Å²) in [5.41, 5.74) is 0. The fourth-order valence-corrected chi connectivity index (χ4v) is 3.16. The van der Waals surface area contributed by atoms with Crippen LogP contribution in [0.5, 0.6) is 0 Å². The monoisotopic (exact) mass is 281 g/mol. The van der Waals surface area contributed by atoms with E-state index >= 15 is 0 Å². The SMILES string of the molecule is CC(C(=O)NC(=O)NC1CCCCC1)N1CCCCC1. The third-order valence-electron chi connectivity index (χ3n) is 4.49. The Bertz CT molecular complexity index is 334. The van der Waals surface area contributed by atoms with Gasteiger partial charge in [-0.2, -0.15) is 0 Å². The molecule has 2 aliphatic rings. The zero-order chi connectivity index (χ0) is 14.4. The van der Waals surface area contributed by atoms with Crippen molar-refractivity contribution in [3.05, 3.63) is 0 Å². The Morgan fingerprint density at radius 1 is 1.00 bits per heavy atom. The van der Waals surface area contributed by atoms with Gasteiger partial charge in [0.15, 0.2) is 0 Å². The lowest BCUT2D eigenvalue weighted by Crippen LogP contribution is -2.52. The van der Waals surface area contributed by atoms with Gasteiger partial charge in [0.25, 0.3) is 0 Å². The Labute approximate surface area is 121 Å². The quantitative estimate of drug-likeness (QED) is 0.832. The lowest BCUT2D eigenvalue weighted by Gasteiger charge is -2.31. The van der Waals surface area contributed by atoms with Crippen molar-refractivity contribution in [1.29, 1.82) is 0 Å². The summed E-state index contributed by atoms with van der Waals surface area (Å²) in [6.45, 7) is 3.80. The number of imide groups is 1. The molecule has 1 unspecified atom stereocenters. The summed E-state index contributed by atoms with van der Waals surface area (Å²) in [6, 6.07) is -0.306. The molecule has 5 nitrogen and oxygen atoms in total. The van der Waals surface area contributed by atoms with E-state index < -0.39 is 0 Å². The van der Waals surface area contributed by atoms with E-state index in [1.165, 1.54) is 25.7 Å². The van der Waals surface area contributed by atoms with Crippen molar-refractivity contribution in [2.45, 2.75) is 70.4 Å². The van der Waals surface area contributed by atoms with Crippen molar-refractivity contribution in [2.75, 3.05) is 13.1 Å². The lowest BCUT2D eigenvalue weighted by molar-refractivity contribution is -0.125.